The Balaban J connectivity index is 1.21. The first-order valence-electron chi connectivity index (χ1n) is 12.8. The number of carbonyl (C=O) groups is 1. The highest BCUT2D eigenvalue weighted by Gasteiger charge is 2.24. The number of piperidine rings is 1. The van der Waals surface area contributed by atoms with Crippen molar-refractivity contribution in [2.45, 2.75) is 25.6 Å². The molecule has 2 aromatic carbocycles. The lowest BCUT2D eigenvalue weighted by Crippen LogP contribution is -2.44. The summed E-state index contributed by atoms with van der Waals surface area (Å²) in [5.41, 5.74) is 2.59. The summed E-state index contributed by atoms with van der Waals surface area (Å²) in [6, 6.07) is 19.4. The number of pyridine rings is 1. The molecule has 9 heteroatoms. The van der Waals surface area contributed by atoms with Gasteiger partial charge in [-0.3, -0.25) is 9.78 Å². The number of likely N-dealkylation sites (tertiary alicyclic amines) is 1. The molecule has 0 atom stereocenters. The van der Waals surface area contributed by atoms with Gasteiger partial charge in [-0.2, -0.15) is 0 Å². The van der Waals surface area contributed by atoms with Crippen LogP contribution in [0, 0.1) is 0 Å². The number of rotatable bonds is 9. The summed E-state index contributed by atoms with van der Waals surface area (Å²) in [5.74, 6) is 2.40. The average Bonchev–Trinajstić information content (AvgIpc) is 2.93. The number of aromatic nitrogens is 3. The Morgan fingerprint density at radius 3 is 2.53 bits per heavy atom. The number of nitrogens with one attached hydrogen (secondary N) is 1. The minimum Gasteiger partial charge on any atom is -0.490 e. The molecular weight excluding hydrogens is 480 g/mol. The molecule has 1 fully saturated rings. The van der Waals surface area contributed by atoms with Crippen molar-refractivity contribution >= 4 is 28.3 Å². The van der Waals surface area contributed by atoms with Gasteiger partial charge in [-0.05, 0) is 68.7 Å². The summed E-state index contributed by atoms with van der Waals surface area (Å²) in [7, 11) is 3.82. The number of amides is 1. The van der Waals surface area contributed by atoms with Gasteiger partial charge in [0, 0.05) is 43.2 Å². The topological polar surface area (TPSA) is 92.7 Å². The van der Waals surface area contributed by atoms with E-state index in [2.05, 4.69) is 20.3 Å². The van der Waals surface area contributed by atoms with E-state index in [9.17, 15) is 4.79 Å². The lowest BCUT2D eigenvalue weighted by molar-refractivity contribution is -0.133. The van der Waals surface area contributed by atoms with Gasteiger partial charge in [0.15, 0.2) is 0 Å². The molecule has 0 saturated carbocycles. The highest BCUT2D eigenvalue weighted by Crippen LogP contribution is 2.29. The zero-order valence-corrected chi connectivity index (χ0v) is 21.7. The van der Waals surface area contributed by atoms with Crippen molar-refractivity contribution in [3.05, 3.63) is 78.9 Å². The van der Waals surface area contributed by atoms with Crippen LogP contribution < -0.4 is 14.8 Å². The summed E-state index contributed by atoms with van der Waals surface area (Å²) in [6.07, 6.45) is 4.99. The fourth-order valence-electron chi connectivity index (χ4n) is 4.41. The first-order valence-corrected chi connectivity index (χ1v) is 12.8. The van der Waals surface area contributed by atoms with E-state index in [1.165, 1.54) is 0 Å². The van der Waals surface area contributed by atoms with Gasteiger partial charge in [0.25, 0.3) is 0 Å². The molecule has 1 amide bonds. The number of likely N-dealkylation sites (N-methyl/N-ethyl adjacent to an activating group) is 1. The van der Waals surface area contributed by atoms with Gasteiger partial charge in [-0.1, -0.05) is 6.07 Å². The van der Waals surface area contributed by atoms with Gasteiger partial charge in [-0.15, -0.1) is 0 Å². The van der Waals surface area contributed by atoms with Gasteiger partial charge in [0.2, 0.25) is 5.91 Å². The number of fused-ring (bicyclic) bond motifs is 1. The van der Waals surface area contributed by atoms with Crippen LogP contribution in [0.3, 0.4) is 0 Å². The molecule has 2 aromatic heterocycles. The second-order valence-corrected chi connectivity index (χ2v) is 9.60. The van der Waals surface area contributed by atoms with Crippen LogP contribution in [0.2, 0.25) is 0 Å². The molecule has 0 bridgehead atoms. The second-order valence-electron chi connectivity index (χ2n) is 9.60. The van der Waals surface area contributed by atoms with Crippen LogP contribution >= 0.6 is 0 Å². The molecule has 5 rings (SSSR count). The van der Waals surface area contributed by atoms with Crippen molar-refractivity contribution < 1.29 is 14.3 Å². The predicted molar refractivity (Wildman–Crippen MR) is 147 cm³/mol. The van der Waals surface area contributed by atoms with Crippen molar-refractivity contribution in [1.82, 2.24) is 24.8 Å². The molecule has 1 aliphatic heterocycles. The number of hydrogen-bond acceptors (Lipinski definition) is 8. The van der Waals surface area contributed by atoms with Gasteiger partial charge in [0.1, 0.15) is 36.4 Å². The number of anilines is 2. The Bertz CT molecular complexity index is 1360. The van der Waals surface area contributed by atoms with Gasteiger partial charge < -0.3 is 24.6 Å². The van der Waals surface area contributed by atoms with Crippen molar-refractivity contribution in [3.63, 3.8) is 0 Å². The van der Waals surface area contributed by atoms with E-state index in [4.69, 9.17) is 9.47 Å². The zero-order valence-electron chi connectivity index (χ0n) is 21.7. The van der Waals surface area contributed by atoms with Crippen LogP contribution in [0.1, 0.15) is 18.5 Å². The van der Waals surface area contributed by atoms with Crippen molar-refractivity contribution in [1.29, 1.82) is 0 Å². The van der Waals surface area contributed by atoms with Crippen LogP contribution in [0.15, 0.2) is 73.2 Å². The summed E-state index contributed by atoms with van der Waals surface area (Å²) in [4.78, 5) is 29.3. The number of carbonyl (C=O) groups excluding carboxylic acids is 1. The van der Waals surface area contributed by atoms with Gasteiger partial charge >= 0.3 is 0 Å². The van der Waals surface area contributed by atoms with Crippen molar-refractivity contribution in [2.75, 3.05) is 39.0 Å². The maximum Gasteiger partial charge on any atom is 0.236 e. The maximum atomic E-state index is 12.3. The fourth-order valence-corrected chi connectivity index (χ4v) is 4.41. The monoisotopic (exact) mass is 512 g/mol. The lowest BCUT2D eigenvalue weighted by atomic mass is 10.1. The van der Waals surface area contributed by atoms with Crippen LogP contribution in [-0.4, -0.2) is 70.5 Å². The van der Waals surface area contributed by atoms with Gasteiger partial charge in [0.05, 0.1) is 17.8 Å². The first kappa shape index (κ1) is 25.4. The average molecular weight is 513 g/mol. The molecule has 0 radical (unpaired) electrons. The Morgan fingerprint density at radius 1 is 1.00 bits per heavy atom. The molecule has 38 heavy (non-hydrogen) atoms. The number of nitrogens with zero attached hydrogens (tertiary/aromatic N) is 5. The molecule has 1 saturated heterocycles. The molecular formula is C29H32N6O3. The third kappa shape index (κ3) is 6.54. The van der Waals surface area contributed by atoms with Crippen molar-refractivity contribution in [2.24, 2.45) is 0 Å². The maximum absolute atomic E-state index is 12.3. The van der Waals surface area contributed by atoms with E-state index in [0.717, 1.165) is 46.6 Å². The van der Waals surface area contributed by atoms with Crippen LogP contribution in [0.25, 0.3) is 10.9 Å². The molecule has 1 aliphatic rings. The standard InChI is InChI=1S/C29H32N6O3/c1-34(2)18-28(36)35-15-12-24(13-16-35)38-25-10-11-27-26(17-25)29(32-20-31-27)33-21-6-8-23(9-7-21)37-19-22-5-3-4-14-30-22/h3-11,14,17,20,24H,12-13,15-16,18-19H2,1-2H3,(H,31,32,33). The molecule has 196 valence electrons. The van der Waals surface area contributed by atoms with E-state index in [0.29, 0.717) is 32.1 Å². The smallest absolute Gasteiger partial charge is 0.236 e. The van der Waals surface area contributed by atoms with Crippen LogP contribution in [0.4, 0.5) is 11.5 Å². The Morgan fingerprint density at radius 2 is 1.79 bits per heavy atom. The normalized spacial score (nSPS) is 14.0. The van der Waals surface area contributed by atoms with Gasteiger partial charge in [-0.25, -0.2) is 9.97 Å². The zero-order chi connectivity index (χ0) is 26.3. The minimum atomic E-state index is 0.0653. The molecule has 1 N–H and O–H groups in total. The SMILES string of the molecule is CN(C)CC(=O)N1CCC(Oc2ccc3ncnc(Nc4ccc(OCc5ccccn5)cc4)c3c2)CC1. The first-order chi connectivity index (χ1) is 18.5. The minimum absolute atomic E-state index is 0.0653. The lowest BCUT2D eigenvalue weighted by Gasteiger charge is -2.32. The molecule has 9 nitrogen and oxygen atoms in total. The van der Waals surface area contributed by atoms with E-state index in [1.54, 1.807) is 12.5 Å². The Hall–Kier alpha value is -4.24. The third-order valence-electron chi connectivity index (χ3n) is 6.39. The highest BCUT2D eigenvalue weighted by molar-refractivity contribution is 5.91. The van der Waals surface area contributed by atoms with Crippen LogP contribution in [-0.2, 0) is 11.4 Å². The van der Waals surface area contributed by atoms with Crippen molar-refractivity contribution in [3.8, 4) is 11.5 Å². The summed E-state index contributed by atoms with van der Waals surface area (Å²) < 4.78 is 12.1. The second kappa shape index (κ2) is 11.9. The van der Waals surface area contributed by atoms with E-state index in [-0.39, 0.29) is 12.0 Å². The fraction of sp³-hybridized carbons (Fsp3) is 0.310. The quantitative estimate of drug-likeness (QED) is 0.355. The predicted octanol–water partition coefficient (Wildman–Crippen LogP) is 4.28. The molecule has 0 spiro atoms. The summed E-state index contributed by atoms with van der Waals surface area (Å²) >= 11 is 0. The largest absolute Gasteiger partial charge is 0.490 e. The van der Waals surface area contributed by atoms with E-state index < -0.39 is 0 Å². The molecule has 0 unspecified atom stereocenters. The van der Waals surface area contributed by atoms with Crippen LogP contribution in [0.5, 0.6) is 11.5 Å². The summed E-state index contributed by atoms with van der Waals surface area (Å²) in [6.45, 7) is 2.27. The Labute approximate surface area is 222 Å². The molecule has 3 heterocycles. The summed E-state index contributed by atoms with van der Waals surface area (Å²) in [5, 5.41) is 4.26. The number of ether oxygens (including phenoxy) is 2. The third-order valence-corrected chi connectivity index (χ3v) is 6.39. The molecule has 0 aliphatic carbocycles. The Kier molecular flexibility index (Phi) is 7.94. The number of hydrogen-bond donors (Lipinski definition) is 1. The molecule has 4 aromatic rings. The van der Waals surface area contributed by atoms with E-state index in [1.807, 2.05) is 84.6 Å². The van der Waals surface area contributed by atoms with E-state index >= 15 is 0 Å². The highest BCUT2D eigenvalue weighted by atomic mass is 16.5. The number of benzene rings is 2.